The SMILES string of the molecule is CC(=O)N1CCC(C(=O)N2CCC(N(C)C(=O)c3cccc(C)c3)C(c3ccc(Cl)c(Cl)c3)C2)CC1. The molecule has 2 aliphatic heterocycles. The number of rotatable bonds is 4. The molecule has 2 heterocycles. The lowest BCUT2D eigenvalue weighted by molar-refractivity contribution is -0.141. The summed E-state index contributed by atoms with van der Waals surface area (Å²) in [5.41, 5.74) is 2.65. The Labute approximate surface area is 223 Å². The van der Waals surface area contributed by atoms with Crippen LogP contribution in [0.15, 0.2) is 42.5 Å². The number of hydrogen-bond donors (Lipinski definition) is 0. The standard InChI is InChI=1S/C28H33Cl2N3O3/c1-18-5-4-6-22(15-18)27(35)31(3)26-11-14-33(17-23(26)21-7-8-24(29)25(30)16-21)28(36)20-9-12-32(13-10-20)19(2)34/h4-8,15-16,20,23,26H,9-14,17H2,1-3H3. The van der Waals surface area contributed by atoms with Crippen LogP contribution in [0.25, 0.3) is 0 Å². The van der Waals surface area contributed by atoms with Gasteiger partial charge in [0.05, 0.1) is 10.0 Å². The van der Waals surface area contributed by atoms with Crippen LogP contribution < -0.4 is 0 Å². The molecule has 2 saturated heterocycles. The Balaban J connectivity index is 1.56. The quantitative estimate of drug-likeness (QED) is 0.558. The van der Waals surface area contributed by atoms with Crippen LogP contribution >= 0.6 is 23.2 Å². The first-order valence-corrected chi connectivity index (χ1v) is 13.2. The fourth-order valence-electron chi connectivity index (χ4n) is 5.51. The van der Waals surface area contributed by atoms with Gasteiger partial charge in [-0.15, -0.1) is 0 Å². The van der Waals surface area contributed by atoms with Crippen molar-refractivity contribution < 1.29 is 14.4 Å². The minimum absolute atomic E-state index is 0.0369. The highest BCUT2D eigenvalue weighted by Gasteiger charge is 2.39. The van der Waals surface area contributed by atoms with Gasteiger partial charge in [-0.3, -0.25) is 14.4 Å². The molecule has 2 fully saturated rings. The molecule has 0 aromatic heterocycles. The molecule has 2 aliphatic rings. The van der Waals surface area contributed by atoms with Crippen molar-refractivity contribution in [3.8, 4) is 0 Å². The molecule has 2 aromatic carbocycles. The number of hydrogen-bond acceptors (Lipinski definition) is 3. The number of piperidine rings is 2. The van der Waals surface area contributed by atoms with Crippen LogP contribution in [0.5, 0.6) is 0 Å². The van der Waals surface area contributed by atoms with E-state index in [2.05, 4.69) is 0 Å². The summed E-state index contributed by atoms with van der Waals surface area (Å²) in [7, 11) is 1.84. The van der Waals surface area contributed by atoms with Gasteiger partial charge in [-0.05, 0) is 56.0 Å². The summed E-state index contributed by atoms with van der Waals surface area (Å²) in [6.45, 7) is 5.86. The molecule has 0 N–H and O–H groups in total. The van der Waals surface area contributed by atoms with E-state index in [1.807, 2.05) is 60.2 Å². The second kappa shape index (κ2) is 11.2. The largest absolute Gasteiger partial charge is 0.343 e. The molecule has 0 saturated carbocycles. The number of amides is 3. The van der Waals surface area contributed by atoms with Crippen LogP contribution in [0.1, 0.15) is 53.6 Å². The van der Waals surface area contributed by atoms with Crippen molar-refractivity contribution in [3.63, 3.8) is 0 Å². The Hall–Kier alpha value is -2.57. The van der Waals surface area contributed by atoms with Gasteiger partial charge >= 0.3 is 0 Å². The van der Waals surface area contributed by atoms with Gasteiger partial charge in [0.2, 0.25) is 11.8 Å². The summed E-state index contributed by atoms with van der Waals surface area (Å²) in [6.07, 6.45) is 2.03. The molecule has 6 nitrogen and oxygen atoms in total. The molecule has 0 aliphatic carbocycles. The molecule has 0 radical (unpaired) electrons. The van der Waals surface area contributed by atoms with Crippen molar-refractivity contribution >= 4 is 40.9 Å². The molecule has 4 rings (SSSR count). The zero-order chi connectivity index (χ0) is 26.0. The highest BCUT2D eigenvalue weighted by molar-refractivity contribution is 6.42. The van der Waals surface area contributed by atoms with E-state index < -0.39 is 0 Å². The summed E-state index contributed by atoms with van der Waals surface area (Å²) in [5, 5.41) is 0.933. The first kappa shape index (κ1) is 26.5. The number of carbonyl (C=O) groups is 3. The molecular weight excluding hydrogens is 497 g/mol. The summed E-state index contributed by atoms with van der Waals surface area (Å²) in [6, 6.07) is 13.1. The van der Waals surface area contributed by atoms with E-state index in [9.17, 15) is 14.4 Å². The van der Waals surface area contributed by atoms with Crippen LogP contribution in [0.4, 0.5) is 0 Å². The third-order valence-corrected chi connectivity index (χ3v) is 8.37. The number of halogens is 2. The van der Waals surface area contributed by atoms with E-state index in [0.717, 1.165) is 11.1 Å². The van der Waals surface area contributed by atoms with Crippen molar-refractivity contribution in [2.45, 2.75) is 45.1 Å². The Bertz CT molecular complexity index is 1150. The summed E-state index contributed by atoms with van der Waals surface area (Å²) in [5.74, 6) is -0.0333. The number of nitrogens with zero attached hydrogens (tertiary/aromatic N) is 3. The van der Waals surface area contributed by atoms with Gasteiger partial charge in [-0.1, -0.05) is 47.0 Å². The zero-order valence-electron chi connectivity index (χ0n) is 21.0. The van der Waals surface area contributed by atoms with E-state index in [0.29, 0.717) is 61.1 Å². The van der Waals surface area contributed by atoms with Crippen molar-refractivity contribution in [3.05, 3.63) is 69.2 Å². The molecule has 8 heteroatoms. The lowest BCUT2D eigenvalue weighted by atomic mass is 9.83. The molecule has 0 bridgehead atoms. The highest BCUT2D eigenvalue weighted by Crippen LogP contribution is 2.35. The first-order valence-electron chi connectivity index (χ1n) is 12.5. The Morgan fingerprint density at radius 3 is 2.25 bits per heavy atom. The van der Waals surface area contributed by atoms with Crippen molar-refractivity contribution in [2.75, 3.05) is 33.2 Å². The Morgan fingerprint density at radius 2 is 1.61 bits per heavy atom. The summed E-state index contributed by atoms with van der Waals surface area (Å²) >= 11 is 12.6. The molecule has 192 valence electrons. The molecule has 2 atom stereocenters. The molecule has 2 aromatic rings. The summed E-state index contributed by atoms with van der Waals surface area (Å²) in [4.78, 5) is 44.1. The van der Waals surface area contributed by atoms with Gasteiger partial charge in [-0.2, -0.15) is 0 Å². The maximum absolute atomic E-state index is 13.5. The van der Waals surface area contributed by atoms with Crippen LogP contribution in [-0.2, 0) is 9.59 Å². The lowest BCUT2D eigenvalue weighted by Crippen LogP contribution is -2.53. The topological polar surface area (TPSA) is 60.9 Å². The van der Waals surface area contributed by atoms with E-state index in [-0.39, 0.29) is 35.6 Å². The molecule has 2 unspecified atom stereocenters. The van der Waals surface area contributed by atoms with Crippen LogP contribution in [-0.4, -0.2) is 71.7 Å². The lowest BCUT2D eigenvalue weighted by Gasteiger charge is -2.44. The van der Waals surface area contributed by atoms with E-state index in [1.54, 1.807) is 17.9 Å². The maximum atomic E-state index is 13.5. The minimum Gasteiger partial charge on any atom is -0.343 e. The van der Waals surface area contributed by atoms with Crippen molar-refractivity contribution in [2.24, 2.45) is 5.92 Å². The average molecular weight is 530 g/mol. The fourth-order valence-corrected chi connectivity index (χ4v) is 5.81. The predicted molar refractivity (Wildman–Crippen MR) is 142 cm³/mol. The highest BCUT2D eigenvalue weighted by atomic mass is 35.5. The number of carbonyl (C=O) groups excluding carboxylic acids is 3. The zero-order valence-corrected chi connectivity index (χ0v) is 22.6. The van der Waals surface area contributed by atoms with E-state index >= 15 is 0 Å². The third-order valence-electron chi connectivity index (χ3n) is 7.63. The van der Waals surface area contributed by atoms with Gasteiger partial charge in [0.15, 0.2) is 0 Å². The predicted octanol–water partition coefficient (Wildman–Crippen LogP) is 5.02. The normalized spacial score (nSPS) is 20.8. The number of benzene rings is 2. The monoisotopic (exact) mass is 529 g/mol. The molecule has 3 amide bonds. The summed E-state index contributed by atoms with van der Waals surface area (Å²) < 4.78 is 0. The number of likely N-dealkylation sites (N-methyl/N-ethyl adjacent to an activating group) is 1. The fraction of sp³-hybridized carbons (Fsp3) is 0.464. The Kier molecular flexibility index (Phi) is 8.26. The van der Waals surface area contributed by atoms with Crippen LogP contribution in [0, 0.1) is 12.8 Å². The second-order valence-electron chi connectivity index (χ2n) is 9.99. The Morgan fingerprint density at radius 1 is 0.917 bits per heavy atom. The molecule has 0 spiro atoms. The van der Waals surface area contributed by atoms with Gasteiger partial charge in [0.1, 0.15) is 0 Å². The van der Waals surface area contributed by atoms with Gasteiger partial charge in [0, 0.05) is 63.6 Å². The first-order chi connectivity index (χ1) is 17.2. The van der Waals surface area contributed by atoms with Gasteiger partial charge < -0.3 is 14.7 Å². The molecule has 36 heavy (non-hydrogen) atoms. The number of likely N-dealkylation sites (tertiary alicyclic amines) is 2. The van der Waals surface area contributed by atoms with E-state index in [4.69, 9.17) is 23.2 Å². The smallest absolute Gasteiger partial charge is 0.253 e. The average Bonchev–Trinajstić information content (AvgIpc) is 2.88. The minimum atomic E-state index is -0.103. The maximum Gasteiger partial charge on any atom is 0.253 e. The number of aryl methyl sites for hydroxylation is 1. The van der Waals surface area contributed by atoms with Gasteiger partial charge in [-0.25, -0.2) is 0 Å². The second-order valence-corrected chi connectivity index (χ2v) is 10.8. The van der Waals surface area contributed by atoms with E-state index in [1.165, 1.54) is 0 Å². The van der Waals surface area contributed by atoms with Crippen molar-refractivity contribution in [1.29, 1.82) is 0 Å². The molecular formula is C28H33Cl2N3O3. The van der Waals surface area contributed by atoms with Crippen LogP contribution in [0.3, 0.4) is 0 Å². The van der Waals surface area contributed by atoms with Gasteiger partial charge in [0.25, 0.3) is 5.91 Å². The third kappa shape index (κ3) is 5.70. The van der Waals surface area contributed by atoms with Crippen molar-refractivity contribution in [1.82, 2.24) is 14.7 Å². The van der Waals surface area contributed by atoms with Crippen LogP contribution in [0.2, 0.25) is 10.0 Å².